The van der Waals surface area contributed by atoms with E-state index >= 15 is 0 Å². The molecule has 0 spiro atoms. The molecule has 2 aliphatic rings. The molecule has 0 radical (unpaired) electrons. The highest BCUT2D eigenvalue weighted by atomic mass is 35.5. The van der Waals surface area contributed by atoms with Crippen LogP contribution in [0.5, 0.6) is 0 Å². The van der Waals surface area contributed by atoms with Gasteiger partial charge in [-0.05, 0) is 35.4 Å². The van der Waals surface area contributed by atoms with E-state index in [0.29, 0.717) is 21.8 Å². The lowest BCUT2D eigenvalue weighted by atomic mass is 9.71. The number of hydrogen-bond acceptors (Lipinski definition) is 5. The second-order valence-corrected chi connectivity index (χ2v) is 8.88. The zero-order chi connectivity index (χ0) is 24.7. The topological polar surface area (TPSA) is 84.0 Å². The number of halogens is 1. The Balaban J connectivity index is 1.77. The van der Waals surface area contributed by atoms with Crippen LogP contribution < -0.4 is 4.90 Å². The average Bonchev–Trinajstić information content (AvgIpc) is 3.30. The summed E-state index contributed by atoms with van der Waals surface area (Å²) in [6.45, 7) is -0.409. The molecule has 3 aromatic rings. The van der Waals surface area contributed by atoms with E-state index in [-0.39, 0.29) is 0 Å². The van der Waals surface area contributed by atoms with Crippen molar-refractivity contribution < 1.29 is 23.9 Å². The highest BCUT2D eigenvalue weighted by molar-refractivity contribution is 6.31. The van der Waals surface area contributed by atoms with Crippen molar-refractivity contribution in [2.45, 2.75) is 5.54 Å². The molecule has 2 saturated heterocycles. The molecule has 5 rings (SSSR count). The fourth-order valence-electron chi connectivity index (χ4n) is 5.31. The summed E-state index contributed by atoms with van der Waals surface area (Å²) in [4.78, 5) is 56.4. The molecule has 0 saturated carbocycles. The Bertz CT molecular complexity index is 1270. The van der Waals surface area contributed by atoms with Gasteiger partial charge in [-0.2, -0.15) is 0 Å². The SMILES string of the molecule is COC(=O)CN1C(=O)[C@H]2C(=O)N(c3ccc(Cl)cc3)C(=O)[C@@H]2C1(c1ccccc1)c1ccccc1. The van der Waals surface area contributed by atoms with E-state index in [4.69, 9.17) is 16.3 Å². The fraction of sp³-hybridized carbons (Fsp3) is 0.185. The van der Waals surface area contributed by atoms with Gasteiger partial charge in [-0.15, -0.1) is 0 Å². The number of amides is 3. The molecule has 3 amide bonds. The molecule has 0 N–H and O–H groups in total. The van der Waals surface area contributed by atoms with Gasteiger partial charge >= 0.3 is 5.97 Å². The Labute approximate surface area is 206 Å². The van der Waals surface area contributed by atoms with Crippen molar-refractivity contribution in [3.8, 4) is 0 Å². The Hall–Kier alpha value is -3.97. The highest BCUT2D eigenvalue weighted by Crippen LogP contribution is 2.55. The highest BCUT2D eigenvalue weighted by Gasteiger charge is 2.70. The first-order valence-corrected chi connectivity index (χ1v) is 11.4. The summed E-state index contributed by atoms with van der Waals surface area (Å²) >= 11 is 6.00. The first kappa shape index (κ1) is 22.8. The molecular weight excluding hydrogens is 468 g/mol. The van der Waals surface area contributed by atoms with Gasteiger partial charge in [0, 0.05) is 5.02 Å². The van der Waals surface area contributed by atoms with Gasteiger partial charge in [0.1, 0.15) is 18.0 Å². The quantitative estimate of drug-likeness (QED) is 0.312. The van der Waals surface area contributed by atoms with E-state index in [2.05, 4.69) is 0 Å². The Morgan fingerprint density at radius 1 is 0.829 bits per heavy atom. The van der Waals surface area contributed by atoms with E-state index in [1.54, 1.807) is 72.8 Å². The summed E-state index contributed by atoms with van der Waals surface area (Å²) in [5.74, 6) is -4.77. The molecule has 0 aromatic heterocycles. The number of likely N-dealkylation sites (tertiary alicyclic amines) is 1. The summed E-state index contributed by atoms with van der Waals surface area (Å²) in [6.07, 6.45) is 0. The molecule has 2 heterocycles. The van der Waals surface area contributed by atoms with Crippen LogP contribution in [0, 0.1) is 11.8 Å². The predicted octanol–water partition coefficient (Wildman–Crippen LogP) is 3.40. The maximum absolute atomic E-state index is 14.1. The summed E-state index contributed by atoms with van der Waals surface area (Å²) in [6, 6.07) is 24.3. The van der Waals surface area contributed by atoms with Gasteiger partial charge in [-0.25, -0.2) is 4.90 Å². The third-order valence-corrected chi connectivity index (χ3v) is 6.99. The standard InChI is InChI=1S/C27H21ClN2O5/c1-35-21(31)16-29-24(32)22-23(26(34)30(25(22)33)20-14-12-19(28)13-15-20)27(29,17-8-4-2-5-9-17)18-10-6-3-7-11-18/h2-15,22-23H,16H2,1H3/t22-,23+/m0/s1. The maximum atomic E-state index is 14.1. The third kappa shape index (κ3) is 3.34. The van der Waals surface area contributed by atoms with Gasteiger partial charge in [0.15, 0.2) is 0 Å². The number of benzene rings is 3. The van der Waals surface area contributed by atoms with Gasteiger partial charge < -0.3 is 9.64 Å². The van der Waals surface area contributed by atoms with Gasteiger partial charge in [-0.1, -0.05) is 72.3 Å². The number of carbonyl (C=O) groups is 4. The van der Waals surface area contributed by atoms with Crippen molar-refractivity contribution in [2.75, 3.05) is 18.6 Å². The van der Waals surface area contributed by atoms with E-state index < -0.39 is 47.6 Å². The number of esters is 1. The monoisotopic (exact) mass is 488 g/mol. The van der Waals surface area contributed by atoms with Crippen molar-refractivity contribution in [3.63, 3.8) is 0 Å². The number of ether oxygens (including phenoxy) is 1. The Kier molecular flexibility index (Phi) is 5.65. The molecule has 2 aliphatic heterocycles. The number of carbonyl (C=O) groups excluding carboxylic acids is 4. The van der Waals surface area contributed by atoms with Gasteiger partial charge in [0.25, 0.3) is 0 Å². The Morgan fingerprint density at radius 3 is 1.89 bits per heavy atom. The van der Waals surface area contributed by atoms with Crippen LogP contribution in [-0.2, 0) is 29.5 Å². The minimum Gasteiger partial charge on any atom is -0.468 e. The van der Waals surface area contributed by atoms with E-state index in [1.165, 1.54) is 12.0 Å². The summed E-state index contributed by atoms with van der Waals surface area (Å²) < 4.78 is 4.88. The number of imide groups is 1. The number of methoxy groups -OCH3 is 1. The molecule has 8 heteroatoms. The van der Waals surface area contributed by atoms with Gasteiger partial charge in [0.2, 0.25) is 17.7 Å². The van der Waals surface area contributed by atoms with Crippen LogP contribution in [0.3, 0.4) is 0 Å². The first-order valence-electron chi connectivity index (χ1n) is 11.0. The number of anilines is 1. The maximum Gasteiger partial charge on any atom is 0.325 e. The van der Waals surface area contributed by atoms with Crippen LogP contribution in [0.4, 0.5) is 5.69 Å². The normalized spacial score (nSPS) is 20.8. The van der Waals surface area contributed by atoms with E-state index in [1.807, 2.05) is 12.1 Å². The third-order valence-electron chi connectivity index (χ3n) is 6.74. The molecule has 2 fully saturated rings. The average molecular weight is 489 g/mol. The molecule has 176 valence electrons. The molecular formula is C27H21ClN2O5. The molecule has 35 heavy (non-hydrogen) atoms. The van der Waals surface area contributed by atoms with Crippen LogP contribution in [0.2, 0.25) is 5.02 Å². The van der Waals surface area contributed by atoms with Crippen molar-refractivity contribution in [1.82, 2.24) is 4.90 Å². The molecule has 3 aromatic carbocycles. The van der Waals surface area contributed by atoms with Crippen LogP contribution in [0.1, 0.15) is 11.1 Å². The predicted molar refractivity (Wildman–Crippen MR) is 128 cm³/mol. The lowest BCUT2D eigenvalue weighted by molar-refractivity contribution is -0.149. The zero-order valence-corrected chi connectivity index (χ0v) is 19.5. The number of fused-ring (bicyclic) bond motifs is 1. The van der Waals surface area contributed by atoms with Crippen molar-refractivity contribution >= 4 is 41.0 Å². The second kappa shape index (κ2) is 8.67. The summed E-state index contributed by atoms with van der Waals surface area (Å²) in [5.41, 5.74) is 0.179. The molecule has 7 nitrogen and oxygen atoms in total. The van der Waals surface area contributed by atoms with Crippen LogP contribution in [-0.4, -0.2) is 42.2 Å². The lowest BCUT2D eigenvalue weighted by Crippen LogP contribution is -2.53. The van der Waals surface area contributed by atoms with Gasteiger partial charge in [-0.3, -0.25) is 19.2 Å². The largest absolute Gasteiger partial charge is 0.468 e. The molecule has 0 unspecified atom stereocenters. The smallest absolute Gasteiger partial charge is 0.325 e. The fourth-order valence-corrected chi connectivity index (χ4v) is 5.44. The molecule has 0 bridgehead atoms. The van der Waals surface area contributed by atoms with Gasteiger partial charge in [0.05, 0.1) is 18.7 Å². The summed E-state index contributed by atoms with van der Waals surface area (Å²) in [5, 5.41) is 0.455. The number of rotatable bonds is 5. The van der Waals surface area contributed by atoms with Crippen molar-refractivity contribution in [3.05, 3.63) is 101 Å². The number of nitrogens with zero attached hydrogens (tertiary/aromatic N) is 2. The van der Waals surface area contributed by atoms with E-state index in [9.17, 15) is 19.2 Å². The number of hydrogen-bond donors (Lipinski definition) is 0. The molecule has 0 aliphatic carbocycles. The lowest BCUT2D eigenvalue weighted by Gasteiger charge is -2.42. The first-order chi connectivity index (χ1) is 16.9. The minimum absolute atomic E-state index is 0.334. The minimum atomic E-state index is -1.40. The van der Waals surface area contributed by atoms with Crippen molar-refractivity contribution in [2.24, 2.45) is 11.8 Å². The van der Waals surface area contributed by atoms with Crippen molar-refractivity contribution in [1.29, 1.82) is 0 Å². The van der Waals surface area contributed by atoms with Crippen LogP contribution in [0.15, 0.2) is 84.9 Å². The van der Waals surface area contributed by atoms with E-state index in [0.717, 1.165) is 4.90 Å². The Morgan fingerprint density at radius 2 is 1.37 bits per heavy atom. The van der Waals surface area contributed by atoms with Crippen LogP contribution in [0.25, 0.3) is 0 Å². The van der Waals surface area contributed by atoms with Crippen LogP contribution >= 0.6 is 11.6 Å². The zero-order valence-electron chi connectivity index (χ0n) is 18.8. The summed E-state index contributed by atoms with van der Waals surface area (Å²) in [7, 11) is 1.23. The second-order valence-electron chi connectivity index (χ2n) is 8.44. The molecule has 2 atom stereocenters.